The second kappa shape index (κ2) is 5.71. The first-order chi connectivity index (χ1) is 11.0. The summed E-state index contributed by atoms with van der Waals surface area (Å²) in [6, 6.07) is 15.1. The molecule has 2 atom stereocenters. The smallest absolute Gasteiger partial charge is 0.168 e. The summed E-state index contributed by atoms with van der Waals surface area (Å²) in [4.78, 5) is 0. The molecule has 0 aromatic heterocycles. The van der Waals surface area contributed by atoms with E-state index in [0.717, 1.165) is 18.4 Å². The van der Waals surface area contributed by atoms with Gasteiger partial charge in [0, 0.05) is 12.3 Å². The summed E-state index contributed by atoms with van der Waals surface area (Å²) in [7, 11) is 0. The molecule has 0 aliphatic heterocycles. The molecule has 0 saturated heterocycles. The molecule has 1 unspecified atom stereocenters. The van der Waals surface area contributed by atoms with E-state index >= 15 is 0 Å². The molecule has 3 rings (SSSR count). The molecule has 23 heavy (non-hydrogen) atoms. The third kappa shape index (κ3) is 2.71. The highest BCUT2D eigenvalue weighted by Gasteiger charge is 2.45. The number of benzene rings is 1. The molecule has 2 nitrogen and oxygen atoms in total. The van der Waals surface area contributed by atoms with Crippen molar-refractivity contribution in [2.24, 2.45) is 16.7 Å². The van der Waals surface area contributed by atoms with Gasteiger partial charge in [0.25, 0.3) is 0 Å². The predicted octanol–water partition coefficient (Wildman–Crippen LogP) is 5.13. The molecule has 2 heteroatoms. The molecular formula is C21H22N2. The summed E-state index contributed by atoms with van der Waals surface area (Å²) < 4.78 is 0. The van der Waals surface area contributed by atoms with Crippen LogP contribution in [0.3, 0.4) is 0 Å². The monoisotopic (exact) mass is 302 g/mol. The van der Waals surface area contributed by atoms with Gasteiger partial charge in [0.15, 0.2) is 5.41 Å². The van der Waals surface area contributed by atoms with Crippen molar-refractivity contribution in [1.82, 2.24) is 0 Å². The molecule has 0 N–H and O–H groups in total. The average molecular weight is 302 g/mol. The van der Waals surface area contributed by atoms with E-state index in [0.29, 0.717) is 6.42 Å². The summed E-state index contributed by atoms with van der Waals surface area (Å²) in [6.45, 7) is 4.40. The van der Waals surface area contributed by atoms with Crippen LogP contribution in [-0.2, 0) is 0 Å². The number of allylic oxidation sites excluding steroid dienone is 4. The minimum atomic E-state index is -1.01. The van der Waals surface area contributed by atoms with E-state index in [1.165, 1.54) is 5.56 Å². The van der Waals surface area contributed by atoms with Gasteiger partial charge in [0.2, 0.25) is 0 Å². The maximum atomic E-state index is 9.79. The topological polar surface area (TPSA) is 47.6 Å². The molecule has 1 aromatic carbocycles. The summed E-state index contributed by atoms with van der Waals surface area (Å²) in [5.74, 6) is 0.491. The van der Waals surface area contributed by atoms with E-state index in [2.05, 4.69) is 62.4 Å². The van der Waals surface area contributed by atoms with Gasteiger partial charge in [-0.1, -0.05) is 62.4 Å². The second-order valence-electron chi connectivity index (χ2n) is 7.43. The summed E-state index contributed by atoms with van der Waals surface area (Å²) in [5.41, 5.74) is 1.35. The lowest BCUT2D eigenvalue weighted by Crippen LogP contribution is -2.31. The molecule has 2 aliphatic carbocycles. The zero-order valence-corrected chi connectivity index (χ0v) is 13.8. The Labute approximate surface area is 138 Å². The van der Waals surface area contributed by atoms with Crippen molar-refractivity contribution >= 4 is 0 Å². The normalized spacial score (nSPS) is 27.7. The zero-order chi connectivity index (χ0) is 16.5. The van der Waals surface area contributed by atoms with E-state index in [1.54, 1.807) is 0 Å². The van der Waals surface area contributed by atoms with Crippen LogP contribution < -0.4 is 0 Å². The Bertz CT molecular complexity index is 711. The first-order valence-corrected chi connectivity index (χ1v) is 8.29. The van der Waals surface area contributed by atoms with Crippen LogP contribution in [0.15, 0.2) is 54.1 Å². The van der Waals surface area contributed by atoms with Gasteiger partial charge >= 0.3 is 0 Å². The Hall–Kier alpha value is -2.32. The van der Waals surface area contributed by atoms with Crippen molar-refractivity contribution in [3.63, 3.8) is 0 Å². The minimum absolute atomic E-state index is 0.0519. The Kier molecular flexibility index (Phi) is 3.87. The van der Waals surface area contributed by atoms with Crippen LogP contribution in [-0.4, -0.2) is 0 Å². The number of hydrogen-bond donors (Lipinski definition) is 0. The van der Waals surface area contributed by atoms with Crippen LogP contribution in [0.5, 0.6) is 0 Å². The molecular weight excluding hydrogens is 280 g/mol. The van der Waals surface area contributed by atoms with Crippen molar-refractivity contribution in [3.8, 4) is 12.1 Å². The fourth-order valence-electron chi connectivity index (χ4n) is 4.00. The van der Waals surface area contributed by atoms with Gasteiger partial charge in [0.1, 0.15) is 0 Å². The highest BCUT2D eigenvalue weighted by atomic mass is 14.5. The summed E-state index contributed by atoms with van der Waals surface area (Å²) >= 11 is 0. The van der Waals surface area contributed by atoms with Gasteiger partial charge in [-0.05, 0) is 35.3 Å². The number of rotatable bonds is 1. The standard InChI is InChI=1S/C21H22N2/c1-20(2)12-10-18-17(16-7-4-3-5-8-16)9-6-11-21(14-22,15-23)19(18)13-20/h3-9,13,17-18H,10-12H2,1-2H3/t17?,18-/m0/s1. The van der Waals surface area contributed by atoms with Crippen molar-refractivity contribution < 1.29 is 0 Å². The van der Waals surface area contributed by atoms with Crippen LogP contribution in [0.4, 0.5) is 0 Å². The van der Waals surface area contributed by atoms with Gasteiger partial charge in [-0.25, -0.2) is 0 Å². The molecule has 0 spiro atoms. The fraction of sp³-hybridized carbons (Fsp3) is 0.429. The average Bonchev–Trinajstić information content (AvgIpc) is 2.72. The molecule has 0 amide bonds. The van der Waals surface area contributed by atoms with Gasteiger partial charge in [-0.15, -0.1) is 0 Å². The third-order valence-electron chi connectivity index (χ3n) is 5.31. The number of nitrogens with zero attached hydrogens (tertiary/aromatic N) is 2. The second-order valence-corrected chi connectivity index (χ2v) is 7.43. The quantitative estimate of drug-likeness (QED) is 0.675. The van der Waals surface area contributed by atoms with E-state index in [9.17, 15) is 10.5 Å². The maximum Gasteiger partial charge on any atom is 0.168 e. The van der Waals surface area contributed by atoms with Crippen LogP contribution in [0.1, 0.15) is 44.6 Å². The first-order valence-electron chi connectivity index (χ1n) is 8.29. The molecule has 0 bridgehead atoms. The van der Waals surface area contributed by atoms with E-state index in [1.807, 2.05) is 12.1 Å². The number of nitriles is 2. The number of hydrogen-bond acceptors (Lipinski definition) is 2. The highest BCUT2D eigenvalue weighted by molar-refractivity contribution is 5.43. The molecule has 1 aromatic rings. The van der Waals surface area contributed by atoms with E-state index in [-0.39, 0.29) is 17.3 Å². The SMILES string of the molecule is CC1(C)C=C2[C@@H](CC1)C(c1ccccc1)C=CCC2(C#N)C#N. The Morgan fingerprint density at radius 2 is 1.78 bits per heavy atom. The molecule has 0 radical (unpaired) electrons. The van der Waals surface area contributed by atoms with Crippen molar-refractivity contribution in [2.75, 3.05) is 0 Å². The molecule has 2 aliphatic rings. The van der Waals surface area contributed by atoms with E-state index in [4.69, 9.17) is 0 Å². The Morgan fingerprint density at radius 1 is 1.09 bits per heavy atom. The summed E-state index contributed by atoms with van der Waals surface area (Å²) in [6.07, 6.45) is 9.07. The van der Waals surface area contributed by atoms with Crippen molar-refractivity contribution in [2.45, 2.75) is 39.0 Å². The summed E-state index contributed by atoms with van der Waals surface area (Å²) in [5, 5.41) is 19.6. The molecule has 0 saturated carbocycles. The first kappa shape index (κ1) is 15.6. The van der Waals surface area contributed by atoms with Gasteiger partial charge < -0.3 is 0 Å². The van der Waals surface area contributed by atoms with Gasteiger partial charge in [-0.2, -0.15) is 10.5 Å². The lowest BCUT2D eigenvalue weighted by molar-refractivity contribution is 0.310. The van der Waals surface area contributed by atoms with Crippen LogP contribution in [0.2, 0.25) is 0 Å². The van der Waals surface area contributed by atoms with Gasteiger partial charge in [0.05, 0.1) is 12.1 Å². The Morgan fingerprint density at radius 3 is 2.43 bits per heavy atom. The third-order valence-corrected chi connectivity index (χ3v) is 5.31. The van der Waals surface area contributed by atoms with Crippen LogP contribution in [0, 0.1) is 39.4 Å². The molecule has 0 fully saturated rings. The maximum absolute atomic E-state index is 9.79. The highest BCUT2D eigenvalue weighted by Crippen LogP contribution is 2.52. The lowest BCUT2D eigenvalue weighted by atomic mass is 9.62. The molecule has 0 heterocycles. The van der Waals surface area contributed by atoms with E-state index < -0.39 is 5.41 Å². The largest absolute Gasteiger partial charge is 0.196 e. The lowest BCUT2D eigenvalue weighted by Gasteiger charge is -2.39. The fourth-order valence-corrected chi connectivity index (χ4v) is 4.00. The van der Waals surface area contributed by atoms with Crippen molar-refractivity contribution in [1.29, 1.82) is 10.5 Å². The predicted molar refractivity (Wildman–Crippen MR) is 91.2 cm³/mol. The van der Waals surface area contributed by atoms with Gasteiger partial charge in [-0.3, -0.25) is 0 Å². The molecule has 116 valence electrons. The van der Waals surface area contributed by atoms with Crippen molar-refractivity contribution in [3.05, 3.63) is 59.7 Å². The minimum Gasteiger partial charge on any atom is -0.196 e. The zero-order valence-electron chi connectivity index (χ0n) is 13.8. The Balaban J connectivity index is 2.14. The van der Waals surface area contributed by atoms with Crippen LogP contribution >= 0.6 is 0 Å². The number of fused-ring (bicyclic) bond motifs is 1. The van der Waals surface area contributed by atoms with Crippen LogP contribution in [0.25, 0.3) is 0 Å².